The van der Waals surface area contributed by atoms with E-state index in [-0.39, 0.29) is 5.91 Å². The molecule has 7 heteroatoms. The molecule has 4 aromatic rings. The first-order valence-corrected chi connectivity index (χ1v) is 10.3. The normalized spacial score (nSPS) is 11.1. The second-order valence-corrected chi connectivity index (χ2v) is 7.78. The number of nitrogens with one attached hydrogen (secondary N) is 1. The Morgan fingerprint density at radius 3 is 2.68 bits per heavy atom. The lowest BCUT2D eigenvalue weighted by atomic mass is 10.1. The second kappa shape index (κ2) is 9.20. The SMILES string of the molecule is CN(C)CCOc1ccccc1-c1ccc2ncc(C(=O)Nc3ccccc3Cl)n2c1. The van der Waals surface area contributed by atoms with Crippen LogP contribution in [0.3, 0.4) is 0 Å². The fourth-order valence-corrected chi connectivity index (χ4v) is 3.41. The molecule has 0 radical (unpaired) electrons. The molecule has 0 atom stereocenters. The van der Waals surface area contributed by atoms with Gasteiger partial charge in [-0.15, -0.1) is 0 Å². The maximum Gasteiger partial charge on any atom is 0.274 e. The highest BCUT2D eigenvalue weighted by Crippen LogP contribution is 2.30. The summed E-state index contributed by atoms with van der Waals surface area (Å²) in [4.78, 5) is 19.3. The molecule has 158 valence electrons. The van der Waals surface area contributed by atoms with E-state index in [0.717, 1.165) is 23.4 Å². The molecule has 0 aliphatic rings. The van der Waals surface area contributed by atoms with E-state index in [0.29, 0.717) is 28.7 Å². The molecule has 0 saturated heterocycles. The molecule has 2 aromatic heterocycles. The summed E-state index contributed by atoms with van der Waals surface area (Å²) in [6, 6.07) is 18.9. The Hall–Kier alpha value is -3.35. The zero-order valence-corrected chi connectivity index (χ0v) is 18.1. The van der Waals surface area contributed by atoms with E-state index in [1.807, 2.05) is 68.8 Å². The predicted octanol–water partition coefficient (Wildman–Crippen LogP) is 4.85. The van der Waals surface area contributed by atoms with Gasteiger partial charge >= 0.3 is 0 Å². The monoisotopic (exact) mass is 434 g/mol. The van der Waals surface area contributed by atoms with Crippen molar-refractivity contribution in [1.82, 2.24) is 14.3 Å². The maximum absolute atomic E-state index is 12.9. The molecule has 0 bridgehead atoms. The summed E-state index contributed by atoms with van der Waals surface area (Å²) >= 11 is 6.18. The molecule has 2 heterocycles. The van der Waals surface area contributed by atoms with Gasteiger partial charge in [-0.05, 0) is 44.4 Å². The van der Waals surface area contributed by atoms with Crippen LogP contribution in [0.15, 0.2) is 73.1 Å². The molecule has 0 aliphatic carbocycles. The van der Waals surface area contributed by atoms with Gasteiger partial charge in [0.05, 0.1) is 16.9 Å². The molecule has 1 N–H and O–H groups in total. The number of benzene rings is 2. The zero-order chi connectivity index (χ0) is 21.8. The topological polar surface area (TPSA) is 58.9 Å². The number of aromatic nitrogens is 2. The molecular weight excluding hydrogens is 412 g/mol. The smallest absolute Gasteiger partial charge is 0.274 e. The summed E-state index contributed by atoms with van der Waals surface area (Å²) < 4.78 is 7.78. The number of halogens is 1. The third-order valence-electron chi connectivity index (χ3n) is 4.85. The van der Waals surface area contributed by atoms with Crippen LogP contribution in [0.25, 0.3) is 16.8 Å². The number of imidazole rings is 1. The average molecular weight is 435 g/mol. The Bertz CT molecular complexity index is 1220. The minimum atomic E-state index is -0.284. The van der Waals surface area contributed by atoms with Gasteiger partial charge < -0.3 is 15.0 Å². The van der Waals surface area contributed by atoms with Crippen molar-refractivity contribution < 1.29 is 9.53 Å². The van der Waals surface area contributed by atoms with Crippen molar-refractivity contribution in [3.05, 3.63) is 83.8 Å². The fourth-order valence-electron chi connectivity index (χ4n) is 3.23. The first-order chi connectivity index (χ1) is 15.0. The summed E-state index contributed by atoms with van der Waals surface area (Å²) in [6.07, 6.45) is 3.46. The standard InChI is InChI=1S/C24H23ClN4O2/c1-28(2)13-14-31-22-10-6-3-7-18(22)17-11-12-23-26-15-21(29(23)16-17)24(30)27-20-9-5-4-8-19(20)25/h3-12,15-16H,13-14H2,1-2H3,(H,27,30). The van der Waals surface area contributed by atoms with E-state index in [1.165, 1.54) is 0 Å². The van der Waals surface area contributed by atoms with Gasteiger partial charge in [-0.25, -0.2) is 4.98 Å². The van der Waals surface area contributed by atoms with Crippen LogP contribution >= 0.6 is 11.6 Å². The molecule has 4 rings (SSSR count). The van der Waals surface area contributed by atoms with Gasteiger partial charge in [0.2, 0.25) is 0 Å². The van der Waals surface area contributed by atoms with Gasteiger partial charge in [-0.2, -0.15) is 0 Å². The minimum Gasteiger partial charge on any atom is -0.492 e. The highest BCUT2D eigenvalue weighted by molar-refractivity contribution is 6.33. The molecule has 6 nitrogen and oxygen atoms in total. The van der Waals surface area contributed by atoms with Crippen LogP contribution in [-0.4, -0.2) is 47.4 Å². The van der Waals surface area contributed by atoms with E-state index in [1.54, 1.807) is 22.7 Å². The molecule has 31 heavy (non-hydrogen) atoms. The summed E-state index contributed by atoms with van der Waals surface area (Å²) in [5, 5.41) is 3.33. The number of rotatable bonds is 7. The number of hydrogen-bond acceptors (Lipinski definition) is 4. The summed E-state index contributed by atoms with van der Waals surface area (Å²) in [7, 11) is 4.02. The molecule has 0 fully saturated rings. The number of fused-ring (bicyclic) bond motifs is 1. The number of pyridine rings is 1. The minimum absolute atomic E-state index is 0.284. The lowest BCUT2D eigenvalue weighted by molar-refractivity contribution is 0.102. The third kappa shape index (κ3) is 4.71. The largest absolute Gasteiger partial charge is 0.492 e. The van der Waals surface area contributed by atoms with Gasteiger partial charge in [0.1, 0.15) is 23.7 Å². The van der Waals surface area contributed by atoms with Crippen LogP contribution in [0.1, 0.15) is 10.5 Å². The quantitative estimate of drug-likeness (QED) is 0.452. The number of para-hydroxylation sites is 2. The summed E-state index contributed by atoms with van der Waals surface area (Å²) in [6.45, 7) is 1.41. The van der Waals surface area contributed by atoms with Gasteiger partial charge in [-0.3, -0.25) is 9.20 Å². The number of hydrogen-bond donors (Lipinski definition) is 1. The highest BCUT2D eigenvalue weighted by Gasteiger charge is 2.15. The zero-order valence-electron chi connectivity index (χ0n) is 17.4. The lowest BCUT2D eigenvalue weighted by Gasteiger charge is -2.14. The number of amides is 1. The van der Waals surface area contributed by atoms with Crippen molar-refractivity contribution in [1.29, 1.82) is 0 Å². The van der Waals surface area contributed by atoms with Crippen molar-refractivity contribution >= 4 is 28.8 Å². The van der Waals surface area contributed by atoms with Crippen molar-refractivity contribution in [2.75, 3.05) is 32.6 Å². The predicted molar refractivity (Wildman–Crippen MR) is 124 cm³/mol. The van der Waals surface area contributed by atoms with Gasteiger partial charge in [0.15, 0.2) is 0 Å². The second-order valence-electron chi connectivity index (χ2n) is 7.37. The van der Waals surface area contributed by atoms with Crippen molar-refractivity contribution in [3.8, 4) is 16.9 Å². The maximum atomic E-state index is 12.9. The summed E-state index contributed by atoms with van der Waals surface area (Å²) in [5.41, 5.74) is 3.54. The van der Waals surface area contributed by atoms with E-state index in [4.69, 9.17) is 16.3 Å². The number of nitrogens with zero attached hydrogens (tertiary/aromatic N) is 3. The molecule has 0 unspecified atom stereocenters. The van der Waals surface area contributed by atoms with Crippen molar-refractivity contribution in [2.45, 2.75) is 0 Å². The molecule has 0 saturated carbocycles. The van der Waals surface area contributed by atoms with Crippen LogP contribution in [0, 0.1) is 0 Å². The lowest BCUT2D eigenvalue weighted by Crippen LogP contribution is -2.19. The Kier molecular flexibility index (Phi) is 6.21. The number of carbonyl (C=O) groups is 1. The third-order valence-corrected chi connectivity index (χ3v) is 5.18. The molecular formula is C24H23ClN4O2. The van der Waals surface area contributed by atoms with Gasteiger partial charge in [-0.1, -0.05) is 41.9 Å². The van der Waals surface area contributed by atoms with E-state index in [9.17, 15) is 4.79 Å². The van der Waals surface area contributed by atoms with Gasteiger partial charge in [0, 0.05) is 23.9 Å². The van der Waals surface area contributed by atoms with Gasteiger partial charge in [0.25, 0.3) is 5.91 Å². The Balaban J connectivity index is 1.65. The number of ether oxygens (including phenoxy) is 1. The number of carbonyl (C=O) groups excluding carboxylic acids is 1. The first kappa shape index (κ1) is 20.9. The van der Waals surface area contributed by atoms with Crippen LogP contribution in [0.4, 0.5) is 5.69 Å². The Morgan fingerprint density at radius 1 is 1.10 bits per heavy atom. The average Bonchev–Trinajstić information content (AvgIpc) is 3.19. The molecule has 0 spiro atoms. The Labute approximate surface area is 186 Å². The molecule has 2 aromatic carbocycles. The van der Waals surface area contributed by atoms with E-state index >= 15 is 0 Å². The van der Waals surface area contributed by atoms with Crippen LogP contribution in [0.5, 0.6) is 5.75 Å². The Morgan fingerprint density at radius 2 is 1.87 bits per heavy atom. The highest BCUT2D eigenvalue weighted by atomic mass is 35.5. The first-order valence-electron chi connectivity index (χ1n) is 9.93. The molecule has 0 aliphatic heterocycles. The number of likely N-dealkylation sites (N-methyl/N-ethyl adjacent to an activating group) is 1. The van der Waals surface area contributed by atoms with E-state index < -0.39 is 0 Å². The number of anilines is 1. The van der Waals surface area contributed by atoms with Crippen molar-refractivity contribution in [3.63, 3.8) is 0 Å². The van der Waals surface area contributed by atoms with E-state index in [2.05, 4.69) is 15.2 Å². The van der Waals surface area contributed by atoms with Crippen molar-refractivity contribution in [2.24, 2.45) is 0 Å². The fraction of sp³-hybridized carbons (Fsp3) is 0.167. The summed E-state index contributed by atoms with van der Waals surface area (Å²) in [5.74, 6) is 0.513. The van der Waals surface area contributed by atoms with Crippen LogP contribution in [0.2, 0.25) is 5.02 Å². The van der Waals surface area contributed by atoms with Crippen LogP contribution in [-0.2, 0) is 0 Å². The molecule has 1 amide bonds. The van der Waals surface area contributed by atoms with Crippen LogP contribution < -0.4 is 10.1 Å².